The maximum atomic E-state index is 12.4. The van der Waals surface area contributed by atoms with Crippen molar-refractivity contribution in [2.75, 3.05) is 27.2 Å². The minimum atomic E-state index is -0.637. The molecule has 1 fully saturated rings. The van der Waals surface area contributed by atoms with E-state index in [1.165, 1.54) is 23.9 Å². The Hall–Kier alpha value is -2.64. The Bertz CT molecular complexity index is 699. The van der Waals surface area contributed by atoms with Crippen molar-refractivity contribution in [1.82, 2.24) is 20.0 Å². The normalized spacial score (nSPS) is 27.7. The summed E-state index contributed by atoms with van der Waals surface area (Å²) in [6.07, 6.45) is 9.17. The third-order valence-corrected chi connectivity index (χ3v) is 5.09. The number of carbonyl (C=O) groups is 3. The second-order valence-corrected chi connectivity index (χ2v) is 7.09. The van der Waals surface area contributed by atoms with Crippen molar-refractivity contribution in [3.8, 4) is 0 Å². The SMILES string of the molecule is CC1=CC=CC(CCNC(=O)CN2C=NC3C2C(=O)N(C)C(=O)N3C)C1. The lowest BCUT2D eigenvalue weighted by molar-refractivity contribution is -0.136. The van der Waals surface area contributed by atoms with Crippen LogP contribution in [0.4, 0.5) is 4.79 Å². The van der Waals surface area contributed by atoms with Crippen molar-refractivity contribution < 1.29 is 14.4 Å². The van der Waals surface area contributed by atoms with Gasteiger partial charge in [0.1, 0.15) is 0 Å². The lowest BCUT2D eigenvalue weighted by atomic mass is 9.92. The summed E-state index contributed by atoms with van der Waals surface area (Å²) in [7, 11) is 3.06. The zero-order valence-electron chi connectivity index (χ0n) is 15.4. The van der Waals surface area contributed by atoms with Crippen LogP contribution in [0.1, 0.15) is 19.8 Å². The van der Waals surface area contributed by atoms with Gasteiger partial charge in [-0.2, -0.15) is 0 Å². The highest BCUT2D eigenvalue weighted by atomic mass is 16.2. The lowest BCUT2D eigenvalue weighted by Gasteiger charge is -2.39. The molecule has 1 saturated heterocycles. The van der Waals surface area contributed by atoms with Crippen molar-refractivity contribution >= 4 is 24.2 Å². The van der Waals surface area contributed by atoms with Crippen LogP contribution in [-0.2, 0) is 9.59 Å². The molecule has 2 aliphatic heterocycles. The molecule has 2 heterocycles. The van der Waals surface area contributed by atoms with Gasteiger partial charge in [-0.1, -0.05) is 23.8 Å². The molecule has 4 amide bonds. The predicted octanol–water partition coefficient (Wildman–Crippen LogP) is 0.578. The maximum Gasteiger partial charge on any atom is 0.328 e. The van der Waals surface area contributed by atoms with Crippen LogP contribution in [0.15, 0.2) is 28.8 Å². The van der Waals surface area contributed by atoms with E-state index in [2.05, 4.69) is 35.5 Å². The number of hydrogen-bond acceptors (Lipinski definition) is 5. The number of amides is 4. The predicted molar refractivity (Wildman–Crippen MR) is 97.3 cm³/mol. The number of aliphatic imine (C=N–C) groups is 1. The monoisotopic (exact) mass is 359 g/mol. The zero-order chi connectivity index (χ0) is 18.8. The summed E-state index contributed by atoms with van der Waals surface area (Å²) in [6.45, 7) is 2.75. The quantitative estimate of drug-likeness (QED) is 0.778. The van der Waals surface area contributed by atoms with E-state index in [-0.39, 0.29) is 24.4 Å². The van der Waals surface area contributed by atoms with Gasteiger partial charge in [0.15, 0.2) is 12.2 Å². The molecule has 3 atom stereocenters. The number of nitrogens with zero attached hydrogens (tertiary/aromatic N) is 4. The molecule has 0 aromatic rings. The number of nitrogens with one attached hydrogen (secondary N) is 1. The number of carbonyl (C=O) groups excluding carboxylic acids is 3. The molecule has 0 spiro atoms. The summed E-state index contributed by atoms with van der Waals surface area (Å²) in [5, 5.41) is 2.91. The van der Waals surface area contributed by atoms with Crippen molar-refractivity contribution in [3.05, 3.63) is 23.8 Å². The molecule has 26 heavy (non-hydrogen) atoms. The van der Waals surface area contributed by atoms with Crippen molar-refractivity contribution in [2.24, 2.45) is 10.9 Å². The number of urea groups is 1. The Balaban J connectivity index is 1.50. The number of fused-ring (bicyclic) bond motifs is 1. The van der Waals surface area contributed by atoms with Crippen LogP contribution in [0.2, 0.25) is 0 Å². The number of imide groups is 1. The average molecular weight is 359 g/mol. The van der Waals surface area contributed by atoms with E-state index in [4.69, 9.17) is 0 Å². The van der Waals surface area contributed by atoms with Crippen molar-refractivity contribution in [3.63, 3.8) is 0 Å². The molecule has 140 valence electrons. The Morgan fingerprint density at radius 2 is 2.12 bits per heavy atom. The summed E-state index contributed by atoms with van der Waals surface area (Å²) in [6, 6.07) is -1.02. The van der Waals surface area contributed by atoms with Gasteiger partial charge in [0.2, 0.25) is 5.91 Å². The van der Waals surface area contributed by atoms with Crippen LogP contribution in [0.25, 0.3) is 0 Å². The highest BCUT2D eigenvalue weighted by Gasteiger charge is 2.48. The Labute approximate surface area is 153 Å². The molecule has 3 aliphatic rings. The van der Waals surface area contributed by atoms with Gasteiger partial charge >= 0.3 is 6.03 Å². The number of allylic oxidation sites excluding steroid dienone is 4. The number of rotatable bonds is 5. The van der Waals surface area contributed by atoms with Gasteiger partial charge in [-0.15, -0.1) is 0 Å². The molecular weight excluding hydrogens is 334 g/mol. The molecule has 0 radical (unpaired) electrons. The van der Waals surface area contributed by atoms with E-state index >= 15 is 0 Å². The fraction of sp³-hybridized carbons (Fsp3) is 0.556. The van der Waals surface area contributed by atoms with E-state index in [9.17, 15) is 14.4 Å². The van der Waals surface area contributed by atoms with Gasteiger partial charge in [0.05, 0.1) is 12.9 Å². The Kier molecular flexibility index (Phi) is 5.11. The smallest absolute Gasteiger partial charge is 0.328 e. The van der Waals surface area contributed by atoms with Gasteiger partial charge < -0.3 is 15.1 Å². The number of likely N-dealkylation sites (N-methyl/N-ethyl adjacent to an activating group) is 2. The molecule has 0 aromatic heterocycles. The van der Waals surface area contributed by atoms with Crippen molar-refractivity contribution in [2.45, 2.75) is 32.0 Å². The molecule has 8 nitrogen and oxygen atoms in total. The van der Waals surface area contributed by atoms with E-state index in [0.29, 0.717) is 12.5 Å². The average Bonchev–Trinajstić information content (AvgIpc) is 3.02. The molecular formula is C18H25N5O3. The van der Waals surface area contributed by atoms with E-state index in [1.807, 2.05) is 0 Å². The van der Waals surface area contributed by atoms with Gasteiger partial charge in [-0.3, -0.25) is 14.5 Å². The zero-order valence-corrected chi connectivity index (χ0v) is 15.4. The highest BCUT2D eigenvalue weighted by molar-refractivity contribution is 6.02. The van der Waals surface area contributed by atoms with E-state index in [1.54, 1.807) is 11.9 Å². The van der Waals surface area contributed by atoms with Gasteiger partial charge in [0, 0.05) is 20.6 Å². The molecule has 1 aliphatic carbocycles. The Morgan fingerprint density at radius 3 is 2.85 bits per heavy atom. The van der Waals surface area contributed by atoms with Crippen LogP contribution < -0.4 is 5.32 Å². The Morgan fingerprint density at radius 1 is 1.35 bits per heavy atom. The molecule has 0 bridgehead atoms. The van der Waals surface area contributed by atoms with Gasteiger partial charge in [-0.25, -0.2) is 9.79 Å². The third kappa shape index (κ3) is 3.49. The molecule has 3 rings (SSSR count). The molecule has 0 saturated carbocycles. The third-order valence-electron chi connectivity index (χ3n) is 5.09. The summed E-state index contributed by atoms with van der Waals surface area (Å²) in [5.74, 6) is -0.0385. The minimum absolute atomic E-state index is 0.0473. The molecule has 1 N–H and O–H groups in total. The highest BCUT2D eigenvalue weighted by Crippen LogP contribution is 2.24. The summed E-state index contributed by atoms with van der Waals surface area (Å²) >= 11 is 0. The van der Waals surface area contributed by atoms with Gasteiger partial charge in [0.25, 0.3) is 5.91 Å². The molecule has 0 aromatic carbocycles. The van der Waals surface area contributed by atoms with Crippen LogP contribution in [-0.4, -0.2) is 78.3 Å². The van der Waals surface area contributed by atoms with E-state index in [0.717, 1.165) is 17.7 Å². The largest absolute Gasteiger partial charge is 0.355 e. The first-order valence-electron chi connectivity index (χ1n) is 8.82. The number of hydrogen-bond donors (Lipinski definition) is 1. The maximum absolute atomic E-state index is 12.4. The first kappa shape index (κ1) is 18.2. The van der Waals surface area contributed by atoms with Crippen molar-refractivity contribution in [1.29, 1.82) is 0 Å². The summed E-state index contributed by atoms with van der Waals surface area (Å²) < 4.78 is 0. The summed E-state index contributed by atoms with van der Waals surface area (Å²) in [5.41, 5.74) is 1.35. The summed E-state index contributed by atoms with van der Waals surface area (Å²) in [4.78, 5) is 45.0. The standard InChI is InChI=1S/C18H25N5O3/c1-12-5-4-6-13(9-12)7-8-19-14(24)10-23-11-20-16-15(23)17(25)22(3)18(26)21(16)2/h4-6,11,13,15-16H,7-10H2,1-3H3,(H,19,24). The molecule has 3 unspecified atom stereocenters. The second kappa shape index (κ2) is 7.31. The van der Waals surface area contributed by atoms with Crippen LogP contribution >= 0.6 is 0 Å². The minimum Gasteiger partial charge on any atom is -0.355 e. The van der Waals surface area contributed by atoms with Crippen LogP contribution in [0.3, 0.4) is 0 Å². The van der Waals surface area contributed by atoms with Gasteiger partial charge in [-0.05, 0) is 25.7 Å². The second-order valence-electron chi connectivity index (χ2n) is 7.09. The van der Waals surface area contributed by atoms with E-state index < -0.39 is 12.2 Å². The topological polar surface area (TPSA) is 85.3 Å². The van der Waals surface area contributed by atoms with Crippen LogP contribution in [0, 0.1) is 5.92 Å². The lowest BCUT2D eigenvalue weighted by Crippen LogP contribution is -2.64. The first-order chi connectivity index (χ1) is 12.4. The first-order valence-corrected chi connectivity index (χ1v) is 8.82. The molecule has 8 heteroatoms. The van der Waals surface area contributed by atoms with Crippen LogP contribution in [0.5, 0.6) is 0 Å². The fourth-order valence-corrected chi connectivity index (χ4v) is 3.58. The fourth-order valence-electron chi connectivity index (χ4n) is 3.58.